The fourth-order valence-electron chi connectivity index (χ4n) is 6.14. The predicted molar refractivity (Wildman–Crippen MR) is 164 cm³/mol. The SMILES string of the molecule is CCCCNc1nc(N)c2[nH]c(=O)n(Cc3ccc(CN4CCC(c5nnc6n5CCN(C(C)C)C6)CC4)cc3)c2n1. The molecule has 2 aliphatic heterocycles. The third-order valence-electron chi connectivity index (χ3n) is 8.73. The van der Waals surface area contributed by atoms with Crippen LogP contribution in [-0.4, -0.2) is 76.3 Å². The summed E-state index contributed by atoms with van der Waals surface area (Å²) in [5.41, 5.74) is 9.19. The van der Waals surface area contributed by atoms with Gasteiger partial charge in [-0.2, -0.15) is 9.97 Å². The first kappa shape index (κ1) is 28.4. The number of nitrogens with one attached hydrogen (secondary N) is 2. The number of aromatic nitrogens is 7. The molecule has 6 rings (SSSR count). The average Bonchev–Trinajstić information content (AvgIpc) is 3.55. The number of H-pyrrole nitrogens is 1. The van der Waals surface area contributed by atoms with Gasteiger partial charge in [-0.15, -0.1) is 10.2 Å². The van der Waals surface area contributed by atoms with E-state index in [1.54, 1.807) is 4.57 Å². The van der Waals surface area contributed by atoms with Gasteiger partial charge in [0.25, 0.3) is 0 Å². The molecule has 12 heteroatoms. The van der Waals surface area contributed by atoms with E-state index < -0.39 is 0 Å². The number of hydrogen-bond donors (Lipinski definition) is 3. The normalized spacial score (nSPS) is 16.9. The molecule has 4 aromatic rings. The summed E-state index contributed by atoms with van der Waals surface area (Å²) in [7, 11) is 0. The van der Waals surface area contributed by atoms with E-state index in [1.165, 1.54) is 11.4 Å². The van der Waals surface area contributed by atoms with Crippen molar-refractivity contribution in [3.8, 4) is 0 Å². The Bertz CT molecular complexity index is 1560. The van der Waals surface area contributed by atoms with E-state index in [1.807, 2.05) is 0 Å². The molecule has 0 spiro atoms. The molecule has 4 N–H and O–H groups in total. The van der Waals surface area contributed by atoms with E-state index in [2.05, 4.69) is 89.9 Å². The minimum atomic E-state index is -0.241. The summed E-state index contributed by atoms with van der Waals surface area (Å²) in [5.74, 6) is 3.49. The minimum absolute atomic E-state index is 0.241. The maximum atomic E-state index is 12.8. The molecule has 5 heterocycles. The topological polar surface area (TPSA) is 139 Å². The summed E-state index contributed by atoms with van der Waals surface area (Å²) in [5, 5.41) is 12.4. The lowest BCUT2D eigenvalue weighted by Crippen LogP contribution is -2.39. The number of fused-ring (bicyclic) bond motifs is 2. The average molecular weight is 574 g/mol. The van der Waals surface area contributed by atoms with Crippen molar-refractivity contribution in [2.45, 2.75) is 84.6 Å². The van der Waals surface area contributed by atoms with E-state index in [0.717, 1.165) is 82.9 Å². The van der Waals surface area contributed by atoms with Crippen LogP contribution in [0, 0.1) is 0 Å². The van der Waals surface area contributed by atoms with Gasteiger partial charge in [-0.25, -0.2) is 4.79 Å². The zero-order valence-corrected chi connectivity index (χ0v) is 25.0. The molecule has 1 saturated heterocycles. The summed E-state index contributed by atoms with van der Waals surface area (Å²) in [4.78, 5) is 29.5. The molecule has 1 aromatic carbocycles. The van der Waals surface area contributed by atoms with Crippen molar-refractivity contribution < 1.29 is 0 Å². The Hall–Kier alpha value is -3.77. The molecule has 3 aromatic heterocycles. The lowest BCUT2D eigenvalue weighted by Gasteiger charge is -2.34. The van der Waals surface area contributed by atoms with E-state index in [4.69, 9.17) is 5.73 Å². The van der Waals surface area contributed by atoms with E-state index in [0.29, 0.717) is 35.6 Å². The number of imidazole rings is 1. The Morgan fingerprint density at radius 3 is 2.48 bits per heavy atom. The van der Waals surface area contributed by atoms with Crippen LogP contribution in [0.1, 0.15) is 75.1 Å². The number of nitrogens with two attached hydrogens (primary N) is 1. The van der Waals surface area contributed by atoms with Gasteiger partial charge in [-0.1, -0.05) is 37.6 Å². The van der Waals surface area contributed by atoms with Gasteiger partial charge < -0.3 is 20.6 Å². The van der Waals surface area contributed by atoms with Crippen LogP contribution in [0.5, 0.6) is 0 Å². The molecule has 0 amide bonds. The van der Waals surface area contributed by atoms with Crippen LogP contribution in [-0.2, 0) is 26.2 Å². The number of hydrogen-bond acceptors (Lipinski definition) is 9. The van der Waals surface area contributed by atoms with Crippen molar-refractivity contribution in [3.05, 3.63) is 57.5 Å². The number of nitrogens with zero attached hydrogens (tertiary/aromatic N) is 8. The Morgan fingerprint density at radius 2 is 1.76 bits per heavy atom. The second kappa shape index (κ2) is 12.2. The van der Waals surface area contributed by atoms with Gasteiger partial charge in [-0.05, 0) is 57.3 Å². The number of piperidine rings is 1. The molecule has 42 heavy (non-hydrogen) atoms. The first-order valence-corrected chi connectivity index (χ1v) is 15.4. The molecule has 12 nitrogen and oxygen atoms in total. The maximum Gasteiger partial charge on any atom is 0.328 e. The lowest BCUT2D eigenvalue weighted by molar-refractivity contribution is 0.167. The second-order valence-corrected chi connectivity index (χ2v) is 12.0. The molecule has 0 bridgehead atoms. The number of anilines is 2. The van der Waals surface area contributed by atoms with Gasteiger partial charge >= 0.3 is 5.69 Å². The number of likely N-dealkylation sites (tertiary alicyclic amines) is 1. The Balaban J connectivity index is 1.06. The fourth-order valence-corrected chi connectivity index (χ4v) is 6.14. The summed E-state index contributed by atoms with van der Waals surface area (Å²) >= 11 is 0. The van der Waals surface area contributed by atoms with Gasteiger partial charge in [-0.3, -0.25) is 14.4 Å². The molecule has 0 saturated carbocycles. The Morgan fingerprint density at radius 1 is 1.02 bits per heavy atom. The van der Waals surface area contributed by atoms with Crippen LogP contribution < -0.4 is 16.7 Å². The smallest absolute Gasteiger partial charge is 0.328 e. The van der Waals surface area contributed by atoms with E-state index in [-0.39, 0.29) is 11.5 Å². The third-order valence-corrected chi connectivity index (χ3v) is 8.73. The number of aromatic amines is 1. The van der Waals surface area contributed by atoms with Crippen LogP contribution in [0.25, 0.3) is 11.2 Å². The maximum absolute atomic E-state index is 12.8. The van der Waals surface area contributed by atoms with Gasteiger partial charge in [0.1, 0.15) is 17.2 Å². The monoisotopic (exact) mass is 573 g/mol. The van der Waals surface area contributed by atoms with Gasteiger partial charge in [0.05, 0.1) is 13.1 Å². The highest BCUT2D eigenvalue weighted by Gasteiger charge is 2.29. The van der Waals surface area contributed by atoms with Crippen molar-refractivity contribution >= 4 is 22.9 Å². The number of rotatable bonds is 10. The summed E-state index contributed by atoms with van der Waals surface area (Å²) in [6.45, 7) is 13.8. The lowest BCUT2D eigenvalue weighted by atomic mass is 9.95. The van der Waals surface area contributed by atoms with Crippen molar-refractivity contribution in [1.29, 1.82) is 0 Å². The zero-order valence-electron chi connectivity index (χ0n) is 25.0. The molecule has 2 aliphatic rings. The summed E-state index contributed by atoms with van der Waals surface area (Å²) < 4.78 is 4.00. The minimum Gasteiger partial charge on any atom is -0.382 e. The van der Waals surface area contributed by atoms with Crippen LogP contribution in [0.15, 0.2) is 29.1 Å². The molecule has 0 radical (unpaired) electrons. The fraction of sp³-hybridized carbons (Fsp3) is 0.567. The highest BCUT2D eigenvalue weighted by molar-refractivity contribution is 5.82. The summed E-state index contributed by atoms with van der Waals surface area (Å²) in [6.07, 6.45) is 4.28. The van der Waals surface area contributed by atoms with Crippen LogP contribution in [0.2, 0.25) is 0 Å². The number of nitrogen functional groups attached to an aromatic ring is 1. The van der Waals surface area contributed by atoms with Crippen LogP contribution >= 0.6 is 0 Å². The predicted octanol–water partition coefficient (Wildman–Crippen LogP) is 3.16. The molecule has 224 valence electrons. The zero-order chi connectivity index (χ0) is 29.2. The Kier molecular flexibility index (Phi) is 8.25. The highest BCUT2D eigenvalue weighted by atomic mass is 16.1. The van der Waals surface area contributed by atoms with Crippen molar-refractivity contribution in [2.24, 2.45) is 0 Å². The van der Waals surface area contributed by atoms with Crippen molar-refractivity contribution in [1.82, 2.24) is 44.1 Å². The van der Waals surface area contributed by atoms with Crippen LogP contribution in [0.3, 0.4) is 0 Å². The largest absolute Gasteiger partial charge is 0.382 e. The molecular formula is C30H43N11O. The quantitative estimate of drug-likeness (QED) is 0.244. The molecule has 0 unspecified atom stereocenters. The van der Waals surface area contributed by atoms with Gasteiger partial charge in [0.15, 0.2) is 11.5 Å². The number of benzene rings is 1. The van der Waals surface area contributed by atoms with Gasteiger partial charge in [0.2, 0.25) is 5.95 Å². The second-order valence-electron chi connectivity index (χ2n) is 12.0. The molecule has 1 fully saturated rings. The summed E-state index contributed by atoms with van der Waals surface area (Å²) in [6, 6.07) is 9.06. The molecular weight excluding hydrogens is 530 g/mol. The number of unbranched alkanes of at least 4 members (excludes halogenated alkanes) is 1. The highest BCUT2D eigenvalue weighted by Crippen LogP contribution is 2.29. The third kappa shape index (κ3) is 5.91. The van der Waals surface area contributed by atoms with E-state index >= 15 is 0 Å². The first-order valence-electron chi connectivity index (χ1n) is 15.4. The van der Waals surface area contributed by atoms with Crippen molar-refractivity contribution in [3.63, 3.8) is 0 Å². The van der Waals surface area contributed by atoms with Gasteiger partial charge in [0, 0.05) is 38.1 Å². The Labute approximate surface area is 246 Å². The molecule has 0 atom stereocenters. The standard InChI is InChI=1S/C30H43N11O/c1-4-5-12-32-29-34-26(31)25-28(35-29)41(30(42)33-25)18-22-8-6-21(7-9-22)17-38-13-10-23(11-14-38)27-37-36-24-19-39(20(2)3)15-16-40(24)27/h6-9,20,23H,4-5,10-19H2,1-3H3,(H,33,42)(H3,31,32,34,35). The molecule has 0 aliphatic carbocycles. The van der Waals surface area contributed by atoms with Crippen molar-refractivity contribution in [2.75, 3.05) is 37.2 Å². The van der Waals surface area contributed by atoms with E-state index in [9.17, 15) is 4.79 Å². The first-order chi connectivity index (χ1) is 20.4. The van der Waals surface area contributed by atoms with Crippen LogP contribution in [0.4, 0.5) is 11.8 Å².